The molecule has 3 rings (SSSR count). The van der Waals surface area contributed by atoms with Crippen LogP contribution in [0.2, 0.25) is 5.02 Å². The van der Waals surface area contributed by atoms with Gasteiger partial charge in [0.1, 0.15) is 5.75 Å². The Bertz CT molecular complexity index is 948. The molecule has 1 aliphatic rings. The van der Waals surface area contributed by atoms with E-state index < -0.39 is 12.0 Å². The first-order valence-electron chi connectivity index (χ1n) is 9.86. The van der Waals surface area contributed by atoms with E-state index in [4.69, 9.17) is 16.3 Å². The zero-order valence-electron chi connectivity index (χ0n) is 17.0. The summed E-state index contributed by atoms with van der Waals surface area (Å²) in [6.07, 6.45) is -0.523. The highest BCUT2D eigenvalue weighted by Gasteiger charge is 2.35. The maximum atomic E-state index is 12.3. The zero-order chi connectivity index (χ0) is 22.4. The zero-order valence-corrected chi connectivity index (χ0v) is 17.8. The van der Waals surface area contributed by atoms with Gasteiger partial charge >= 0.3 is 0 Å². The molecule has 1 fully saturated rings. The summed E-state index contributed by atoms with van der Waals surface area (Å²) in [5, 5.41) is 15.1. The third kappa shape index (κ3) is 6.44. The summed E-state index contributed by atoms with van der Waals surface area (Å²) in [6, 6.07) is 13.6. The summed E-state index contributed by atoms with van der Waals surface area (Å²) in [4.78, 5) is 38.1. The average molecular weight is 446 g/mol. The molecule has 1 heterocycles. The minimum Gasteiger partial charge on any atom is -0.484 e. The van der Waals surface area contributed by atoms with Gasteiger partial charge in [-0.15, -0.1) is 0 Å². The number of nitrogens with zero attached hydrogens (tertiary/aromatic N) is 1. The predicted molar refractivity (Wildman–Crippen MR) is 117 cm³/mol. The Kier molecular flexibility index (Phi) is 7.49. The lowest BCUT2D eigenvalue weighted by Gasteiger charge is -2.17. The van der Waals surface area contributed by atoms with Gasteiger partial charge in [-0.1, -0.05) is 17.7 Å². The molecule has 0 aliphatic carbocycles. The standard InChI is InChI=1S/C22H24ClN3O5/c1-14(27)11-24-22(30)15-9-21(29)26(12-15)18-5-7-19(8-6-18)31-13-20(28)25-17-4-2-3-16(23)10-17/h2-8,10,14-15,27H,9,11-13H2,1H3,(H,24,30)(H,25,28)/t14-,15+/m1/s1. The first-order valence-corrected chi connectivity index (χ1v) is 10.2. The molecule has 1 saturated heterocycles. The van der Waals surface area contributed by atoms with E-state index in [-0.39, 0.29) is 43.8 Å². The Hall–Kier alpha value is -3.10. The van der Waals surface area contributed by atoms with Crippen LogP contribution in [0.25, 0.3) is 0 Å². The molecule has 1 aliphatic heterocycles. The molecule has 0 unspecified atom stereocenters. The van der Waals surface area contributed by atoms with Crippen LogP contribution in [0.4, 0.5) is 11.4 Å². The van der Waals surface area contributed by atoms with Crippen molar-refractivity contribution in [2.75, 3.05) is 29.9 Å². The Labute approximate surface area is 185 Å². The van der Waals surface area contributed by atoms with Gasteiger partial charge in [-0.05, 0) is 49.4 Å². The highest BCUT2D eigenvalue weighted by atomic mass is 35.5. The lowest BCUT2D eigenvalue weighted by atomic mass is 10.1. The van der Waals surface area contributed by atoms with E-state index in [1.165, 1.54) is 0 Å². The highest BCUT2D eigenvalue weighted by Crippen LogP contribution is 2.27. The molecule has 164 valence electrons. The first-order chi connectivity index (χ1) is 14.8. The number of ether oxygens (including phenoxy) is 1. The Morgan fingerprint density at radius 3 is 2.68 bits per heavy atom. The van der Waals surface area contributed by atoms with Crippen molar-refractivity contribution in [1.82, 2.24) is 5.32 Å². The lowest BCUT2D eigenvalue weighted by Crippen LogP contribution is -2.36. The fourth-order valence-electron chi connectivity index (χ4n) is 3.16. The molecule has 0 spiro atoms. The molecule has 0 bridgehead atoms. The van der Waals surface area contributed by atoms with Gasteiger partial charge in [0.15, 0.2) is 6.61 Å². The number of hydrogen-bond acceptors (Lipinski definition) is 5. The van der Waals surface area contributed by atoms with Crippen molar-refractivity contribution in [3.63, 3.8) is 0 Å². The number of aliphatic hydroxyl groups excluding tert-OH is 1. The van der Waals surface area contributed by atoms with Crippen LogP contribution >= 0.6 is 11.6 Å². The second-order valence-corrected chi connectivity index (χ2v) is 7.78. The van der Waals surface area contributed by atoms with Crippen molar-refractivity contribution < 1.29 is 24.2 Å². The van der Waals surface area contributed by atoms with Gasteiger partial charge in [0, 0.05) is 35.9 Å². The number of aliphatic hydroxyl groups is 1. The second kappa shape index (κ2) is 10.3. The van der Waals surface area contributed by atoms with Crippen LogP contribution < -0.4 is 20.3 Å². The van der Waals surface area contributed by atoms with Crippen LogP contribution in [-0.2, 0) is 14.4 Å². The Balaban J connectivity index is 1.51. The van der Waals surface area contributed by atoms with Crippen LogP contribution in [0.15, 0.2) is 48.5 Å². The molecule has 8 nitrogen and oxygen atoms in total. The van der Waals surface area contributed by atoms with Crippen LogP contribution in [0.5, 0.6) is 5.75 Å². The molecule has 2 aromatic carbocycles. The Morgan fingerprint density at radius 2 is 2.00 bits per heavy atom. The third-order valence-corrected chi connectivity index (χ3v) is 4.93. The maximum Gasteiger partial charge on any atom is 0.262 e. The largest absolute Gasteiger partial charge is 0.484 e. The number of benzene rings is 2. The highest BCUT2D eigenvalue weighted by molar-refractivity contribution is 6.30. The van der Waals surface area contributed by atoms with E-state index in [0.717, 1.165) is 0 Å². The van der Waals surface area contributed by atoms with Gasteiger partial charge in [-0.2, -0.15) is 0 Å². The number of rotatable bonds is 8. The van der Waals surface area contributed by atoms with Crippen molar-refractivity contribution in [2.45, 2.75) is 19.4 Å². The van der Waals surface area contributed by atoms with E-state index in [1.54, 1.807) is 60.4 Å². The number of carbonyl (C=O) groups excluding carboxylic acids is 3. The number of nitrogens with one attached hydrogen (secondary N) is 2. The van der Waals surface area contributed by atoms with Gasteiger partial charge in [0.05, 0.1) is 12.0 Å². The molecular formula is C22H24ClN3O5. The van der Waals surface area contributed by atoms with E-state index in [0.29, 0.717) is 22.1 Å². The molecule has 9 heteroatoms. The SMILES string of the molecule is C[C@@H](O)CNC(=O)[C@H]1CC(=O)N(c2ccc(OCC(=O)Nc3cccc(Cl)c3)cc2)C1. The molecule has 0 saturated carbocycles. The molecule has 31 heavy (non-hydrogen) atoms. The summed E-state index contributed by atoms with van der Waals surface area (Å²) in [7, 11) is 0. The molecule has 0 radical (unpaired) electrons. The third-order valence-electron chi connectivity index (χ3n) is 4.69. The van der Waals surface area contributed by atoms with E-state index in [9.17, 15) is 19.5 Å². The predicted octanol–water partition coefficient (Wildman–Crippen LogP) is 2.21. The van der Waals surface area contributed by atoms with E-state index in [1.807, 2.05) is 0 Å². The Morgan fingerprint density at radius 1 is 1.26 bits per heavy atom. The van der Waals surface area contributed by atoms with Crippen LogP contribution in [0.1, 0.15) is 13.3 Å². The molecule has 2 atom stereocenters. The van der Waals surface area contributed by atoms with Gasteiger partial charge in [0.2, 0.25) is 11.8 Å². The first kappa shape index (κ1) is 22.6. The van der Waals surface area contributed by atoms with Crippen molar-refractivity contribution in [3.05, 3.63) is 53.6 Å². The normalized spacial score (nSPS) is 16.7. The monoisotopic (exact) mass is 445 g/mol. The number of amides is 3. The van der Waals surface area contributed by atoms with Gasteiger partial charge in [-0.25, -0.2) is 0 Å². The van der Waals surface area contributed by atoms with Crippen molar-refractivity contribution in [1.29, 1.82) is 0 Å². The molecular weight excluding hydrogens is 422 g/mol. The number of anilines is 2. The topological polar surface area (TPSA) is 108 Å². The molecule has 3 amide bonds. The minimum atomic E-state index is -0.641. The van der Waals surface area contributed by atoms with E-state index >= 15 is 0 Å². The number of carbonyl (C=O) groups is 3. The molecule has 0 aromatic heterocycles. The van der Waals surface area contributed by atoms with Crippen LogP contribution in [-0.4, -0.2) is 48.6 Å². The van der Waals surface area contributed by atoms with E-state index in [2.05, 4.69) is 10.6 Å². The number of halogens is 1. The van der Waals surface area contributed by atoms with Gasteiger partial charge in [-0.3, -0.25) is 14.4 Å². The maximum absolute atomic E-state index is 12.3. The summed E-state index contributed by atoms with van der Waals surface area (Å²) in [6.45, 7) is 1.82. The number of hydrogen-bond donors (Lipinski definition) is 3. The molecule has 2 aromatic rings. The minimum absolute atomic E-state index is 0.119. The average Bonchev–Trinajstić information content (AvgIpc) is 3.12. The summed E-state index contributed by atoms with van der Waals surface area (Å²) >= 11 is 5.89. The van der Waals surface area contributed by atoms with Crippen molar-refractivity contribution in [2.24, 2.45) is 5.92 Å². The van der Waals surface area contributed by atoms with Crippen molar-refractivity contribution in [3.8, 4) is 5.75 Å². The van der Waals surface area contributed by atoms with Gasteiger partial charge in [0.25, 0.3) is 5.91 Å². The smallest absolute Gasteiger partial charge is 0.262 e. The lowest BCUT2D eigenvalue weighted by molar-refractivity contribution is -0.126. The van der Waals surface area contributed by atoms with Crippen molar-refractivity contribution >= 4 is 40.7 Å². The fourth-order valence-corrected chi connectivity index (χ4v) is 3.35. The quantitative estimate of drug-likeness (QED) is 0.577. The summed E-state index contributed by atoms with van der Waals surface area (Å²) in [5.74, 6) is -0.707. The summed E-state index contributed by atoms with van der Waals surface area (Å²) in [5.41, 5.74) is 1.22. The van der Waals surface area contributed by atoms with Crippen LogP contribution in [0, 0.1) is 5.92 Å². The summed E-state index contributed by atoms with van der Waals surface area (Å²) < 4.78 is 5.49. The molecule has 3 N–H and O–H groups in total. The van der Waals surface area contributed by atoms with Gasteiger partial charge < -0.3 is 25.4 Å². The second-order valence-electron chi connectivity index (χ2n) is 7.34. The fraction of sp³-hybridized carbons (Fsp3) is 0.318. The van der Waals surface area contributed by atoms with Crippen LogP contribution in [0.3, 0.4) is 0 Å².